The highest BCUT2D eigenvalue weighted by Gasteiger charge is 2.36. The Morgan fingerprint density at radius 1 is 0.840 bits per heavy atom. The van der Waals surface area contributed by atoms with Crippen LogP contribution < -0.4 is 17.0 Å². The number of amides is 2. The fourth-order valence-corrected chi connectivity index (χ4v) is 2.71. The Bertz CT molecular complexity index is 747. The van der Waals surface area contributed by atoms with Crippen LogP contribution in [0.3, 0.4) is 0 Å². The zero-order valence-corrected chi connectivity index (χ0v) is 16.1. The Kier molecular flexibility index (Phi) is 5.77. The predicted octanol–water partition coefficient (Wildman–Crippen LogP) is -0.375. The van der Waals surface area contributed by atoms with E-state index in [0.717, 1.165) is 21.7 Å². The highest BCUT2D eigenvalue weighted by molar-refractivity contribution is 6.20. The average molecular weight is 405 g/mol. The lowest BCUT2D eigenvalue weighted by molar-refractivity contribution is -0.884. The summed E-state index contributed by atoms with van der Waals surface area (Å²) < 4.78 is 0.852. The van der Waals surface area contributed by atoms with E-state index in [9.17, 15) is 9.59 Å². The van der Waals surface area contributed by atoms with Crippen LogP contribution in [-0.4, -0.2) is 42.5 Å². The second kappa shape index (κ2) is 7.47. The molecule has 25 heavy (non-hydrogen) atoms. The third kappa shape index (κ3) is 4.34. The van der Waals surface area contributed by atoms with Gasteiger partial charge in [0.05, 0.1) is 32.3 Å². The van der Waals surface area contributed by atoms with Crippen molar-refractivity contribution in [2.45, 2.75) is 13.2 Å². The van der Waals surface area contributed by atoms with E-state index >= 15 is 0 Å². The van der Waals surface area contributed by atoms with Gasteiger partial charge in [-0.15, -0.1) is 5.06 Å². The summed E-state index contributed by atoms with van der Waals surface area (Å²) in [5.74, 6) is -0.811. The third-order valence-corrected chi connectivity index (χ3v) is 3.80. The van der Waals surface area contributed by atoms with Gasteiger partial charge in [0.15, 0.2) is 0 Å². The summed E-state index contributed by atoms with van der Waals surface area (Å²) in [6.45, 7) is 1.11. The molecule has 2 aromatic rings. The molecule has 0 spiro atoms. The standard InChI is InChI=1S/C19H21N2O3.BrH/c1-21(2,3)12-14-8-10-15(11-9-14)13-24-20-18(22)16-6-4-5-7-17(16)19(20)23;/h4-11H,12-13H2,1-3H3;1H/q+1;/p-1. The monoisotopic (exact) mass is 404 g/mol. The second-order valence-corrected chi connectivity index (χ2v) is 6.99. The van der Waals surface area contributed by atoms with Gasteiger partial charge in [0.2, 0.25) is 0 Å². The van der Waals surface area contributed by atoms with Gasteiger partial charge < -0.3 is 21.5 Å². The van der Waals surface area contributed by atoms with Gasteiger partial charge in [0.25, 0.3) is 11.8 Å². The normalized spacial score (nSPS) is 13.6. The van der Waals surface area contributed by atoms with Crippen molar-refractivity contribution in [1.29, 1.82) is 0 Å². The fraction of sp³-hybridized carbons (Fsp3) is 0.263. The van der Waals surface area contributed by atoms with E-state index in [1.54, 1.807) is 24.3 Å². The van der Waals surface area contributed by atoms with Crippen LogP contribution in [0.15, 0.2) is 48.5 Å². The topological polar surface area (TPSA) is 46.6 Å². The van der Waals surface area contributed by atoms with Gasteiger partial charge in [-0.25, -0.2) is 0 Å². The average Bonchev–Trinajstić information content (AvgIpc) is 2.77. The molecule has 2 amide bonds. The Labute approximate surface area is 158 Å². The van der Waals surface area contributed by atoms with Crippen LogP contribution in [0.5, 0.6) is 0 Å². The lowest BCUT2D eigenvalue weighted by Crippen LogP contribution is -3.00. The smallest absolute Gasteiger partial charge is 0.285 e. The number of rotatable bonds is 5. The number of benzene rings is 2. The number of carbonyl (C=O) groups excluding carboxylic acids is 2. The third-order valence-electron chi connectivity index (χ3n) is 3.80. The molecule has 0 unspecified atom stereocenters. The van der Waals surface area contributed by atoms with E-state index in [0.29, 0.717) is 11.1 Å². The molecular weight excluding hydrogens is 384 g/mol. The highest BCUT2D eigenvalue weighted by atomic mass is 79.9. The number of nitrogens with zero attached hydrogens (tertiary/aromatic N) is 2. The lowest BCUT2D eigenvalue weighted by Gasteiger charge is -2.24. The maximum absolute atomic E-state index is 12.2. The number of halogens is 1. The molecule has 0 saturated carbocycles. The van der Waals surface area contributed by atoms with Gasteiger partial charge >= 0.3 is 0 Å². The van der Waals surface area contributed by atoms with E-state index in [4.69, 9.17) is 4.84 Å². The molecule has 2 aromatic carbocycles. The molecule has 1 heterocycles. The number of imide groups is 1. The van der Waals surface area contributed by atoms with Crippen molar-refractivity contribution in [1.82, 2.24) is 5.06 Å². The van der Waals surface area contributed by atoms with Crippen LogP contribution >= 0.6 is 0 Å². The Morgan fingerprint density at radius 3 is 1.80 bits per heavy atom. The first kappa shape index (κ1) is 19.3. The maximum Gasteiger partial charge on any atom is 0.285 e. The van der Waals surface area contributed by atoms with Crippen molar-refractivity contribution in [2.24, 2.45) is 0 Å². The first-order chi connectivity index (χ1) is 11.3. The van der Waals surface area contributed by atoms with Crippen molar-refractivity contribution >= 4 is 11.8 Å². The number of hydroxylamine groups is 2. The first-order valence-corrected chi connectivity index (χ1v) is 7.84. The molecule has 0 saturated heterocycles. The highest BCUT2D eigenvalue weighted by Crippen LogP contribution is 2.23. The van der Waals surface area contributed by atoms with E-state index in [-0.39, 0.29) is 23.6 Å². The Morgan fingerprint density at radius 2 is 1.32 bits per heavy atom. The van der Waals surface area contributed by atoms with Crippen LogP contribution in [0.4, 0.5) is 0 Å². The minimum Gasteiger partial charge on any atom is -1.00 e. The summed E-state index contributed by atoms with van der Waals surface area (Å²) in [6, 6.07) is 14.8. The quantitative estimate of drug-likeness (QED) is 0.504. The Hall–Kier alpha value is -2.02. The van der Waals surface area contributed by atoms with Gasteiger partial charge in [-0.1, -0.05) is 36.4 Å². The molecule has 0 aliphatic carbocycles. The zero-order chi connectivity index (χ0) is 17.3. The summed E-state index contributed by atoms with van der Waals surface area (Å²) in [6.07, 6.45) is 0. The molecule has 6 heteroatoms. The fourth-order valence-electron chi connectivity index (χ4n) is 2.71. The molecule has 0 bridgehead atoms. The molecule has 0 radical (unpaired) electrons. The molecule has 3 rings (SSSR count). The number of hydrogen-bond donors (Lipinski definition) is 0. The number of carbonyl (C=O) groups is 2. The van der Waals surface area contributed by atoms with Crippen molar-refractivity contribution in [3.8, 4) is 0 Å². The van der Waals surface area contributed by atoms with E-state index < -0.39 is 11.8 Å². The molecule has 0 aromatic heterocycles. The van der Waals surface area contributed by atoms with Crippen molar-refractivity contribution in [2.75, 3.05) is 21.1 Å². The van der Waals surface area contributed by atoms with Crippen LogP contribution in [0.2, 0.25) is 0 Å². The minimum atomic E-state index is -0.405. The minimum absolute atomic E-state index is 0. The molecule has 132 valence electrons. The summed E-state index contributed by atoms with van der Waals surface area (Å²) in [5, 5.41) is 0.852. The summed E-state index contributed by atoms with van der Waals surface area (Å²) >= 11 is 0. The van der Waals surface area contributed by atoms with Gasteiger partial charge in [-0.05, 0) is 17.7 Å². The van der Waals surface area contributed by atoms with Gasteiger partial charge in [0, 0.05) is 5.56 Å². The van der Waals surface area contributed by atoms with Gasteiger partial charge in [-0.3, -0.25) is 14.4 Å². The first-order valence-electron chi connectivity index (χ1n) is 7.84. The van der Waals surface area contributed by atoms with Gasteiger partial charge in [0.1, 0.15) is 13.2 Å². The molecule has 1 aliphatic heterocycles. The zero-order valence-electron chi connectivity index (χ0n) is 14.5. The SMILES string of the molecule is C[N+](C)(C)Cc1ccc(CON2C(=O)c3ccccc3C2=O)cc1.[Br-]. The molecule has 0 fully saturated rings. The summed E-state index contributed by atoms with van der Waals surface area (Å²) in [4.78, 5) is 29.9. The second-order valence-electron chi connectivity index (χ2n) is 6.99. The Balaban J connectivity index is 0.00000225. The van der Waals surface area contributed by atoms with Crippen molar-refractivity contribution < 1.29 is 35.9 Å². The molecular formula is C19H21BrN2O3. The number of quaternary nitrogens is 1. The van der Waals surface area contributed by atoms with Crippen molar-refractivity contribution in [3.05, 3.63) is 70.8 Å². The molecule has 1 aliphatic rings. The number of fused-ring (bicyclic) bond motifs is 1. The van der Waals surface area contributed by atoms with E-state index in [1.165, 1.54) is 5.56 Å². The predicted molar refractivity (Wildman–Crippen MR) is 89.9 cm³/mol. The van der Waals surface area contributed by atoms with Crippen LogP contribution in [0.25, 0.3) is 0 Å². The number of hydrogen-bond acceptors (Lipinski definition) is 3. The molecule has 0 N–H and O–H groups in total. The largest absolute Gasteiger partial charge is 1.00 e. The van der Waals surface area contributed by atoms with E-state index in [1.807, 2.05) is 24.3 Å². The van der Waals surface area contributed by atoms with E-state index in [2.05, 4.69) is 21.1 Å². The molecule has 0 atom stereocenters. The van der Waals surface area contributed by atoms with Crippen LogP contribution in [-0.2, 0) is 18.0 Å². The summed E-state index contributed by atoms with van der Waals surface area (Å²) in [5.41, 5.74) is 2.92. The van der Waals surface area contributed by atoms with Gasteiger partial charge in [-0.2, -0.15) is 0 Å². The maximum atomic E-state index is 12.2. The van der Waals surface area contributed by atoms with Crippen molar-refractivity contribution in [3.63, 3.8) is 0 Å². The summed E-state index contributed by atoms with van der Waals surface area (Å²) in [7, 11) is 6.41. The lowest BCUT2D eigenvalue weighted by atomic mass is 10.1. The molecule has 5 nitrogen and oxygen atoms in total. The van der Waals surface area contributed by atoms with Crippen LogP contribution in [0, 0.1) is 0 Å². The van der Waals surface area contributed by atoms with Crippen LogP contribution in [0.1, 0.15) is 31.8 Å².